The van der Waals surface area contributed by atoms with Gasteiger partial charge in [-0.1, -0.05) is 13.8 Å². The van der Waals surface area contributed by atoms with E-state index in [-0.39, 0.29) is 23.6 Å². The molecular weight excluding hydrogens is 278 g/mol. The first-order valence-corrected chi connectivity index (χ1v) is 6.64. The maximum absolute atomic E-state index is 11.1. The van der Waals surface area contributed by atoms with Crippen LogP contribution < -0.4 is 4.74 Å². The number of nitro groups is 1. The molecule has 0 atom stereocenters. The number of aromatic carboxylic acids is 1. The lowest BCUT2D eigenvalue weighted by Crippen LogP contribution is -2.11. The first-order valence-electron chi connectivity index (χ1n) is 6.64. The molecule has 0 aliphatic rings. The first-order chi connectivity index (χ1) is 9.91. The highest BCUT2D eigenvalue weighted by Gasteiger charge is 2.16. The Bertz CT molecular complexity index is 500. The van der Waals surface area contributed by atoms with Crippen molar-refractivity contribution >= 4 is 11.7 Å². The molecule has 0 aliphatic heterocycles. The Morgan fingerprint density at radius 3 is 2.62 bits per heavy atom. The second-order valence-corrected chi connectivity index (χ2v) is 4.89. The maximum atomic E-state index is 11.1. The van der Waals surface area contributed by atoms with Crippen LogP contribution in [0.5, 0.6) is 5.75 Å². The van der Waals surface area contributed by atoms with Gasteiger partial charge in [-0.2, -0.15) is 0 Å². The van der Waals surface area contributed by atoms with E-state index < -0.39 is 10.9 Å². The van der Waals surface area contributed by atoms with Crippen molar-refractivity contribution in [3.05, 3.63) is 33.9 Å². The van der Waals surface area contributed by atoms with Crippen LogP contribution in [0, 0.1) is 16.0 Å². The van der Waals surface area contributed by atoms with Gasteiger partial charge in [0.1, 0.15) is 17.9 Å². The summed E-state index contributed by atoms with van der Waals surface area (Å²) in [6.45, 7) is 5.33. The van der Waals surface area contributed by atoms with Gasteiger partial charge in [-0.15, -0.1) is 0 Å². The number of hydrogen-bond donors (Lipinski definition) is 1. The fourth-order valence-corrected chi connectivity index (χ4v) is 1.56. The smallest absolute Gasteiger partial charge is 0.339 e. The first kappa shape index (κ1) is 16.9. The van der Waals surface area contributed by atoms with E-state index in [0.717, 1.165) is 12.5 Å². The molecule has 1 aromatic carbocycles. The van der Waals surface area contributed by atoms with Crippen LogP contribution in [0.4, 0.5) is 5.69 Å². The molecular formula is C14H19NO6. The molecule has 0 saturated carbocycles. The summed E-state index contributed by atoms with van der Waals surface area (Å²) in [5.41, 5.74) is -0.515. The quantitative estimate of drug-likeness (QED) is 0.427. The van der Waals surface area contributed by atoms with E-state index in [4.69, 9.17) is 14.6 Å². The number of ether oxygens (including phenoxy) is 2. The standard InChI is InChI=1S/C14H19NO6/c1-10(2)5-6-20-7-8-21-13-4-3-11(15(18)19)9-12(13)14(16)17/h3-4,9-10H,5-8H2,1-2H3,(H,16,17). The van der Waals surface area contributed by atoms with E-state index in [0.29, 0.717) is 19.1 Å². The van der Waals surface area contributed by atoms with Crippen LogP contribution in [0.3, 0.4) is 0 Å². The van der Waals surface area contributed by atoms with Crippen LogP contribution >= 0.6 is 0 Å². The zero-order valence-electron chi connectivity index (χ0n) is 12.1. The number of nitro benzene ring substituents is 1. The molecule has 0 aliphatic carbocycles. The molecule has 1 aromatic rings. The lowest BCUT2D eigenvalue weighted by Gasteiger charge is -2.10. The molecule has 0 heterocycles. The van der Waals surface area contributed by atoms with Crippen LogP contribution in [0.25, 0.3) is 0 Å². The highest BCUT2D eigenvalue weighted by molar-refractivity contribution is 5.91. The lowest BCUT2D eigenvalue weighted by molar-refractivity contribution is -0.384. The number of carbonyl (C=O) groups is 1. The third-order valence-corrected chi connectivity index (χ3v) is 2.73. The molecule has 116 valence electrons. The summed E-state index contributed by atoms with van der Waals surface area (Å²) < 4.78 is 10.7. The SMILES string of the molecule is CC(C)CCOCCOc1ccc([N+](=O)[O-])cc1C(=O)O. The highest BCUT2D eigenvalue weighted by atomic mass is 16.6. The third-order valence-electron chi connectivity index (χ3n) is 2.73. The zero-order chi connectivity index (χ0) is 15.8. The number of benzene rings is 1. The van der Waals surface area contributed by atoms with E-state index in [1.807, 2.05) is 0 Å². The van der Waals surface area contributed by atoms with Gasteiger partial charge < -0.3 is 14.6 Å². The number of carboxylic acids is 1. The van der Waals surface area contributed by atoms with Gasteiger partial charge in [-0.3, -0.25) is 10.1 Å². The summed E-state index contributed by atoms with van der Waals surface area (Å²) in [7, 11) is 0. The van der Waals surface area contributed by atoms with Crippen molar-refractivity contribution in [3.63, 3.8) is 0 Å². The number of non-ortho nitro benzene ring substituents is 1. The average molecular weight is 297 g/mol. The van der Waals surface area contributed by atoms with Crippen LogP contribution in [0.1, 0.15) is 30.6 Å². The molecule has 0 spiro atoms. The number of nitrogens with zero attached hydrogens (tertiary/aromatic N) is 1. The van der Waals surface area contributed by atoms with Crippen LogP contribution in [0.2, 0.25) is 0 Å². The Morgan fingerprint density at radius 2 is 2.05 bits per heavy atom. The van der Waals surface area contributed by atoms with Gasteiger partial charge in [0.25, 0.3) is 5.69 Å². The fraction of sp³-hybridized carbons (Fsp3) is 0.500. The topological polar surface area (TPSA) is 98.9 Å². The van der Waals surface area contributed by atoms with Crippen LogP contribution in [0.15, 0.2) is 18.2 Å². The summed E-state index contributed by atoms with van der Waals surface area (Å²) in [5.74, 6) is -0.616. The molecule has 21 heavy (non-hydrogen) atoms. The molecule has 0 radical (unpaired) electrons. The highest BCUT2D eigenvalue weighted by Crippen LogP contribution is 2.24. The normalized spacial score (nSPS) is 10.6. The Morgan fingerprint density at radius 1 is 1.33 bits per heavy atom. The third kappa shape index (κ3) is 5.78. The fourth-order valence-electron chi connectivity index (χ4n) is 1.56. The molecule has 1 N–H and O–H groups in total. The van der Waals surface area contributed by atoms with E-state index >= 15 is 0 Å². The molecule has 0 fully saturated rings. The van der Waals surface area contributed by atoms with Crippen LogP contribution in [-0.2, 0) is 4.74 Å². The average Bonchev–Trinajstić information content (AvgIpc) is 2.42. The van der Waals surface area contributed by atoms with Gasteiger partial charge >= 0.3 is 5.97 Å². The Labute approximate surface area is 122 Å². The Hall–Kier alpha value is -2.15. The molecule has 7 nitrogen and oxygen atoms in total. The van der Waals surface area contributed by atoms with Gasteiger partial charge in [0.2, 0.25) is 0 Å². The van der Waals surface area contributed by atoms with Crippen molar-refractivity contribution in [1.82, 2.24) is 0 Å². The lowest BCUT2D eigenvalue weighted by atomic mass is 10.1. The second kappa shape index (κ2) is 8.21. The van der Waals surface area contributed by atoms with E-state index in [1.165, 1.54) is 12.1 Å². The summed E-state index contributed by atoms with van der Waals surface area (Å²) in [6.07, 6.45) is 0.942. The molecule has 0 amide bonds. The van der Waals surface area contributed by atoms with E-state index in [2.05, 4.69) is 13.8 Å². The predicted molar refractivity (Wildman–Crippen MR) is 75.8 cm³/mol. The van der Waals surface area contributed by atoms with Gasteiger partial charge in [0.05, 0.1) is 11.5 Å². The summed E-state index contributed by atoms with van der Waals surface area (Å²) in [5, 5.41) is 19.7. The Balaban J connectivity index is 2.54. The minimum atomic E-state index is -1.27. The zero-order valence-corrected chi connectivity index (χ0v) is 12.1. The van der Waals surface area contributed by atoms with Crippen molar-refractivity contribution in [3.8, 4) is 5.75 Å². The molecule has 7 heteroatoms. The van der Waals surface area contributed by atoms with Crippen molar-refractivity contribution in [2.45, 2.75) is 20.3 Å². The van der Waals surface area contributed by atoms with Gasteiger partial charge in [0, 0.05) is 18.7 Å². The van der Waals surface area contributed by atoms with Crippen molar-refractivity contribution in [2.24, 2.45) is 5.92 Å². The maximum Gasteiger partial charge on any atom is 0.339 e. The van der Waals surface area contributed by atoms with Crippen molar-refractivity contribution in [2.75, 3.05) is 19.8 Å². The second-order valence-electron chi connectivity index (χ2n) is 4.89. The molecule has 0 saturated heterocycles. The largest absolute Gasteiger partial charge is 0.490 e. The van der Waals surface area contributed by atoms with Crippen LogP contribution in [-0.4, -0.2) is 35.8 Å². The number of hydrogen-bond acceptors (Lipinski definition) is 5. The van der Waals surface area contributed by atoms with Crippen molar-refractivity contribution < 1.29 is 24.3 Å². The summed E-state index contributed by atoms with van der Waals surface area (Å²) >= 11 is 0. The summed E-state index contributed by atoms with van der Waals surface area (Å²) in [4.78, 5) is 21.1. The summed E-state index contributed by atoms with van der Waals surface area (Å²) in [6, 6.07) is 3.48. The van der Waals surface area contributed by atoms with E-state index in [9.17, 15) is 14.9 Å². The minimum absolute atomic E-state index is 0.0977. The van der Waals surface area contributed by atoms with E-state index in [1.54, 1.807) is 0 Å². The van der Waals surface area contributed by atoms with Gasteiger partial charge in [0.15, 0.2) is 0 Å². The number of carboxylic acid groups (broad SMARTS) is 1. The van der Waals surface area contributed by atoms with Crippen molar-refractivity contribution in [1.29, 1.82) is 0 Å². The molecule has 0 unspecified atom stereocenters. The van der Waals surface area contributed by atoms with Gasteiger partial charge in [-0.05, 0) is 18.4 Å². The molecule has 0 bridgehead atoms. The van der Waals surface area contributed by atoms with Gasteiger partial charge in [-0.25, -0.2) is 4.79 Å². The molecule has 1 rings (SSSR count). The molecule has 0 aromatic heterocycles. The monoisotopic (exact) mass is 297 g/mol. The number of rotatable bonds is 9. The predicted octanol–water partition coefficient (Wildman–Crippen LogP) is 2.73. The minimum Gasteiger partial charge on any atom is -0.490 e. The Kier molecular flexibility index (Phi) is 6.61.